The Morgan fingerprint density at radius 3 is 2.12 bits per heavy atom. The number of carboxylic acid groups (broad SMARTS) is 1. The van der Waals surface area contributed by atoms with Crippen LogP contribution in [0.25, 0.3) is 0 Å². The molecule has 4 saturated carbocycles. The summed E-state index contributed by atoms with van der Waals surface area (Å²) in [5.74, 6) is -0.506. The van der Waals surface area contributed by atoms with Crippen LogP contribution in [0.5, 0.6) is 0 Å². The molecule has 1 aromatic carbocycles. The molecule has 2 N–H and O–H groups in total. The van der Waals surface area contributed by atoms with Gasteiger partial charge in [-0.1, -0.05) is 30.3 Å². The van der Waals surface area contributed by atoms with Gasteiger partial charge in [0, 0.05) is 6.42 Å². The van der Waals surface area contributed by atoms with Gasteiger partial charge in [-0.15, -0.1) is 0 Å². The Bertz CT molecular complexity index is 889. The van der Waals surface area contributed by atoms with Gasteiger partial charge in [0.2, 0.25) is 7.37 Å². The molecule has 0 saturated heterocycles. The van der Waals surface area contributed by atoms with Gasteiger partial charge in [0.1, 0.15) is 17.5 Å². The number of rotatable bonds is 8. The van der Waals surface area contributed by atoms with E-state index in [0.717, 1.165) is 24.8 Å². The van der Waals surface area contributed by atoms with Gasteiger partial charge in [-0.2, -0.15) is 0 Å². The Morgan fingerprint density at radius 1 is 1.09 bits per heavy atom. The summed E-state index contributed by atoms with van der Waals surface area (Å²) < 4.78 is 26.4. The predicted octanol–water partition coefficient (Wildman–Crippen LogP) is 5.43. The van der Waals surface area contributed by atoms with Gasteiger partial charge >= 0.3 is 12.1 Å². The summed E-state index contributed by atoms with van der Waals surface area (Å²) in [4.78, 5) is 24.6. The van der Waals surface area contributed by atoms with Crippen LogP contribution in [0.2, 0.25) is 0 Å². The molecule has 2 atom stereocenters. The Balaban J connectivity index is 1.63. The van der Waals surface area contributed by atoms with Crippen molar-refractivity contribution in [2.45, 2.75) is 82.7 Å². The number of carbonyl (C=O) groups excluding carboxylic acids is 1. The van der Waals surface area contributed by atoms with Crippen molar-refractivity contribution in [1.29, 1.82) is 0 Å². The molecular formula is C25H36NO6P. The number of carboxylic acids is 1. The first kappa shape index (κ1) is 24.3. The van der Waals surface area contributed by atoms with E-state index in [1.807, 2.05) is 30.3 Å². The predicted molar refractivity (Wildman–Crippen MR) is 125 cm³/mol. The van der Waals surface area contributed by atoms with Crippen LogP contribution in [0, 0.1) is 17.8 Å². The standard InChI is InChI=1S/C25H36NO6P/c1-24(2,3)31-23(29)26-21(12-17-7-5-4-6-8-17)33(30,16-22(27)28)32-25-13-18-9-19(14-25)11-20(10-18)15-25/h4-8,18-21H,9-16H2,1-3H3,(H,26,29)(H,27,28). The Hall–Kier alpha value is -1.85. The fourth-order valence-corrected chi connectivity index (χ4v) is 8.89. The second kappa shape index (κ2) is 9.07. The number of benzene rings is 1. The van der Waals surface area contributed by atoms with Crippen LogP contribution in [-0.2, 0) is 25.0 Å². The van der Waals surface area contributed by atoms with Crippen LogP contribution in [0.3, 0.4) is 0 Å². The van der Waals surface area contributed by atoms with Gasteiger partial charge in [-0.3, -0.25) is 9.36 Å². The largest absolute Gasteiger partial charge is 0.481 e. The van der Waals surface area contributed by atoms with Crippen molar-refractivity contribution in [2.75, 3.05) is 6.16 Å². The molecule has 0 aromatic heterocycles. The van der Waals surface area contributed by atoms with E-state index in [-0.39, 0.29) is 6.42 Å². The number of aliphatic carboxylic acids is 1. The Labute approximate surface area is 196 Å². The molecule has 7 nitrogen and oxygen atoms in total. The third kappa shape index (κ3) is 5.99. The quantitative estimate of drug-likeness (QED) is 0.484. The molecule has 4 aliphatic rings. The monoisotopic (exact) mass is 477 g/mol. The molecule has 0 radical (unpaired) electrons. The molecule has 182 valence electrons. The zero-order chi connectivity index (χ0) is 23.9. The van der Waals surface area contributed by atoms with Crippen LogP contribution in [0.4, 0.5) is 4.79 Å². The molecule has 1 aromatic rings. The maximum Gasteiger partial charge on any atom is 0.408 e. The highest BCUT2D eigenvalue weighted by molar-refractivity contribution is 7.60. The van der Waals surface area contributed by atoms with Crippen LogP contribution < -0.4 is 5.32 Å². The third-order valence-electron chi connectivity index (χ3n) is 7.12. The highest BCUT2D eigenvalue weighted by Crippen LogP contribution is 2.64. The van der Waals surface area contributed by atoms with Gasteiger partial charge in [-0.25, -0.2) is 4.79 Å². The number of ether oxygens (including phenoxy) is 1. The van der Waals surface area contributed by atoms with Gasteiger partial charge in [0.15, 0.2) is 0 Å². The topological polar surface area (TPSA) is 102 Å². The number of alkyl carbamates (subject to hydrolysis) is 1. The average molecular weight is 478 g/mol. The lowest BCUT2D eigenvalue weighted by molar-refractivity contribution is -0.134. The zero-order valence-corrected chi connectivity index (χ0v) is 20.7. The summed E-state index contributed by atoms with van der Waals surface area (Å²) in [6, 6.07) is 9.35. The van der Waals surface area contributed by atoms with Crippen LogP contribution in [-0.4, -0.2) is 40.3 Å². The summed E-state index contributed by atoms with van der Waals surface area (Å²) in [5.41, 5.74) is -0.443. The van der Waals surface area contributed by atoms with Crippen molar-refractivity contribution in [1.82, 2.24) is 5.32 Å². The highest BCUT2D eigenvalue weighted by atomic mass is 31.2. The minimum atomic E-state index is -3.83. The summed E-state index contributed by atoms with van der Waals surface area (Å²) in [6.45, 7) is 5.25. The third-order valence-corrected chi connectivity index (χ3v) is 9.79. The number of nitrogens with one attached hydrogen (secondary N) is 1. The number of amides is 1. The smallest absolute Gasteiger partial charge is 0.408 e. The molecule has 0 spiro atoms. The van der Waals surface area contributed by atoms with Crippen LogP contribution in [0.1, 0.15) is 64.9 Å². The van der Waals surface area contributed by atoms with E-state index in [4.69, 9.17) is 9.26 Å². The van der Waals surface area contributed by atoms with Gasteiger partial charge < -0.3 is 19.7 Å². The number of hydrogen-bond donors (Lipinski definition) is 2. The van der Waals surface area contributed by atoms with Crippen LogP contribution >= 0.6 is 7.37 Å². The van der Waals surface area contributed by atoms with Gasteiger partial charge in [0.25, 0.3) is 0 Å². The number of carbonyl (C=O) groups is 2. The average Bonchev–Trinajstić information content (AvgIpc) is 2.64. The lowest BCUT2D eigenvalue weighted by Crippen LogP contribution is -2.52. The van der Waals surface area contributed by atoms with Crippen molar-refractivity contribution >= 4 is 19.4 Å². The highest BCUT2D eigenvalue weighted by Gasteiger charge is 2.55. The van der Waals surface area contributed by atoms with Crippen molar-refractivity contribution in [3.63, 3.8) is 0 Å². The SMILES string of the molecule is CC(C)(C)OC(=O)NC(Cc1ccccc1)P(=O)(CC(=O)O)OC12CC3CC(CC(C3)C1)C2. The Morgan fingerprint density at radius 2 is 1.64 bits per heavy atom. The molecule has 2 unspecified atom stereocenters. The molecule has 1 amide bonds. The zero-order valence-electron chi connectivity index (χ0n) is 19.8. The molecule has 5 rings (SSSR count). The number of hydrogen-bond acceptors (Lipinski definition) is 5. The second-order valence-corrected chi connectivity index (χ2v) is 13.9. The molecule has 4 bridgehead atoms. The summed E-state index contributed by atoms with van der Waals surface area (Å²) in [7, 11) is -3.83. The molecular weight excluding hydrogens is 441 g/mol. The van der Waals surface area contributed by atoms with E-state index in [1.54, 1.807) is 20.8 Å². The van der Waals surface area contributed by atoms with Crippen molar-refractivity contribution in [3.05, 3.63) is 35.9 Å². The van der Waals surface area contributed by atoms with E-state index in [2.05, 4.69) is 5.32 Å². The first-order valence-corrected chi connectivity index (χ1v) is 13.9. The van der Waals surface area contributed by atoms with Crippen molar-refractivity contribution in [3.8, 4) is 0 Å². The fraction of sp³-hybridized carbons (Fsp3) is 0.680. The van der Waals surface area contributed by atoms with Crippen LogP contribution in [0.15, 0.2) is 30.3 Å². The van der Waals surface area contributed by atoms with E-state index in [0.29, 0.717) is 17.8 Å². The molecule has 8 heteroatoms. The minimum absolute atomic E-state index is 0.205. The minimum Gasteiger partial charge on any atom is -0.481 e. The second-order valence-electron chi connectivity index (χ2n) is 11.3. The van der Waals surface area contributed by atoms with Crippen molar-refractivity contribution < 1.29 is 28.5 Å². The summed E-state index contributed by atoms with van der Waals surface area (Å²) in [5, 5.41) is 12.4. The molecule has 4 fully saturated rings. The summed E-state index contributed by atoms with van der Waals surface area (Å²) in [6.07, 6.45) is 4.91. The van der Waals surface area contributed by atoms with E-state index < -0.39 is 42.6 Å². The first-order chi connectivity index (χ1) is 15.4. The maximum atomic E-state index is 14.4. The van der Waals surface area contributed by atoms with Gasteiger partial charge in [-0.05, 0) is 82.6 Å². The molecule has 4 aliphatic carbocycles. The molecule has 33 heavy (non-hydrogen) atoms. The lowest BCUT2D eigenvalue weighted by atomic mass is 9.54. The normalized spacial score (nSPS) is 30.9. The Kier molecular flexibility index (Phi) is 6.67. The fourth-order valence-electron chi connectivity index (χ4n) is 6.43. The molecule has 0 aliphatic heterocycles. The van der Waals surface area contributed by atoms with Crippen molar-refractivity contribution in [2.24, 2.45) is 17.8 Å². The maximum absolute atomic E-state index is 14.4. The lowest BCUT2D eigenvalue weighted by Gasteiger charge is -2.57. The van der Waals surface area contributed by atoms with E-state index >= 15 is 0 Å². The van der Waals surface area contributed by atoms with E-state index in [9.17, 15) is 19.3 Å². The van der Waals surface area contributed by atoms with Gasteiger partial charge in [0.05, 0.1) is 5.60 Å². The first-order valence-electron chi connectivity index (χ1n) is 12.0. The molecule has 0 heterocycles. The summed E-state index contributed by atoms with van der Waals surface area (Å²) >= 11 is 0. The van der Waals surface area contributed by atoms with E-state index in [1.165, 1.54) is 19.3 Å².